The molecule has 1 fully saturated rings. The largest absolute Gasteiger partial charge is 0.506 e. The van der Waals surface area contributed by atoms with E-state index in [0.29, 0.717) is 37.0 Å². The lowest BCUT2D eigenvalue weighted by atomic mass is 10.2. The Labute approximate surface area is 126 Å². The average molecular weight is 304 g/mol. The summed E-state index contributed by atoms with van der Waals surface area (Å²) in [6.45, 7) is 2.57. The molecule has 0 saturated carbocycles. The Hall–Kier alpha value is -2.28. The van der Waals surface area contributed by atoms with Crippen LogP contribution in [0.4, 0.5) is 10.8 Å². The fraction of sp³-hybridized carbons (Fsp3) is 0.286. The van der Waals surface area contributed by atoms with Crippen molar-refractivity contribution < 1.29 is 9.90 Å². The quantitative estimate of drug-likeness (QED) is 0.876. The molecule has 3 N–H and O–H groups in total. The Balaban J connectivity index is 1.65. The summed E-state index contributed by atoms with van der Waals surface area (Å²) in [5, 5.41) is 12.0. The number of benzene rings is 1. The number of aromatic hydroxyl groups is 1. The number of nitrogens with two attached hydrogens (primary N) is 1. The molecule has 1 saturated heterocycles. The Kier molecular flexibility index (Phi) is 3.66. The van der Waals surface area contributed by atoms with Crippen molar-refractivity contribution in [2.45, 2.75) is 0 Å². The molecule has 7 heteroatoms. The lowest BCUT2D eigenvalue weighted by Crippen LogP contribution is -2.48. The van der Waals surface area contributed by atoms with Gasteiger partial charge in [0.15, 0.2) is 5.13 Å². The van der Waals surface area contributed by atoms with E-state index in [1.54, 1.807) is 22.4 Å². The average Bonchev–Trinajstić information content (AvgIpc) is 2.94. The molecule has 2 heterocycles. The molecule has 0 bridgehead atoms. The minimum atomic E-state index is -0.0834. The summed E-state index contributed by atoms with van der Waals surface area (Å²) in [6.07, 6.45) is 0. The summed E-state index contributed by atoms with van der Waals surface area (Å²) < 4.78 is 0. The monoisotopic (exact) mass is 304 g/mol. The maximum absolute atomic E-state index is 12.3. The molecule has 1 aliphatic heterocycles. The van der Waals surface area contributed by atoms with Crippen LogP contribution in [0.15, 0.2) is 29.6 Å². The van der Waals surface area contributed by atoms with Crippen LogP contribution in [0.5, 0.6) is 5.75 Å². The summed E-state index contributed by atoms with van der Waals surface area (Å²) in [5.74, 6) is 0.185. The number of hydrogen-bond acceptors (Lipinski definition) is 6. The third kappa shape index (κ3) is 2.78. The van der Waals surface area contributed by atoms with E-state index in [1.807, 2.05) is 12.1 Å². The van der Waals surface area contributed by atoms with Crippen molar-refractivity contribution in [3.8, 4) is 5.75 Å². The van der Waals surface area contributed by atoms with Crippen molar-refractivity contribution in [1.29, 1.82) is 0 Å². The normalized spacial score (nSPS) is 15.2. The molecule has 6 nitrogen and oxygen atoms in total. The van der Waals surface area contributed by atoms with Crippen molar-refractivity contribution in [1.82, 2.24) is 9.88 Å². The number of thiazole rings is 1. The number of para-hydroxylation sites is 2. The predicted octanol–water partition coefficient (Wildman–Crippen LogP) is 1.39. The third-order valence-corrected chi connectivity index (χ3v) is 4.20. The Morgan fingerprint density at radius 1 is 1.24 bits per heavy atom. The van der Waals surface area contributed by atoms with Gasteiger partial charge in [0.05, 0.1) is 5.69 Å². The van der Waals surface area contributed by atoms with E-state index >= 15 is 0 Å². The van der Waals surface area contributed by atoms with Crippen LogP contribution in [0.2, 0.25) is 0 Å². The number of phenols is 1. The highest BCUT2D eigenvalue weighted by Gasteiger charge is 2.24. The van der Waals surface area contributed by atoms with Crippen molar-refractivity contribution in [3.05, 3.63) is 35.3 Å². The van der Waals surface area contributed by atoms with Gasteiger partial charge < -0.3 is 20.6 Å². The van der Waals surface area contributed by atoms with Crippen molar-refractivity contribution >= 4 is 28.1 Å². The van der Waals surface area contributed by atoms with Crippen LogP contribution in [0, 0.1) is 0 Å². The number of phenolic OH excluding ortho intramolecular Hbond substituents is 1. The summed E-state index contributed by atoms with van der Waals surface area (Å²) in [7, 11) is 0. The van der Waals surface area contributed by atoms with Gasteiger partial charge in [0.25, 0.3) is 5.91 Å². The number of piperazine rings is 1. The summed E-state index contributed by atoms with van der Waals surface area (Å²) >= 11 is 1.27. The minimum absolute atomic E-state index is 0.0834. The lowest BCUT2D eigenvalue weighted by molar-refractivity contribution is 0.0741. The molecule has 0 spiro atoms. The van der Waals surface area contributed by atoms with Crippen molar-refractivity contribution in [3.63, 3.8) is 0 Å². The molecule has 1 aromatic carbocycles. The first-order chi connectivity index (χ1) is 10.1. The zero-order chi connectivity index (χ0) is 14.8. The predicted molar refractivity (Wildman–Crippen MR) is 82.7 cm³/mol. The summed E-state index contributed by atoms with van der Waals surface area (Å²) in [6, 6.07) is 7.24. The van der Waals surface area contributed by atoms with Gasteiger partial charge in [-0.1, -0.05) is 12.1 Å². The zero-order valence-electron chi connectivity index (χ0n) is 11.4. The van der Waals surface area contributed by atoms with E-state index in [9.17, 15) is 9.90 Å². The molecule has 1 amide bonds. The number of nitrogen functional groups attached to an aromatic ring is 1. The second-order valence-corrected chi connectivity index (χ2v) is 5.73. The first-order valence-corrected chi connectivity index (χ1v) is 7.56. The van der Waals surface area contributed by atoms with Crippen molar-refractivity contribution in [2.24, 2.45) is 0 Å². The van der Waals surface area contributed by atoms with Crippen LogP contribution < -0.4 is 10.6 Å². The molecule has 0 aliphatic carbocycles. The Morgan fingerprint density at radius 3 is 2.57 bits per heavy atom. The smallest absolute Gasteiger partial charge is 0.273 e. The van der Waals surface area contributed by atoms with Gasteiger partial charge in [0, 0.05) is 31.6 Å². The number of carbonyl (C=O) groups excluding carboxylic acids is 1. The Bertz CT molecular complexity index is 650. The van der Waals surface area contributed by atoms with Gasteiger partial charge in [-0.15, -0.1) is 11.3 Å². The molecule has 2 aromatic rings. The number of rotatable bonds is 2. The summed E-state index contributed by atoms with van der Waals surface area (Å²) in [5.41, 5.74) is 6.78. The SMILES string of the molecule is Nc1nc(C(=O)N2CCN(c3ccccc3O)CC2)cs1. The minimum Gasteiger partial charge on any atom is -0.506 e. The standard InChI is InChI=1S/C14H16N4O2S/c15-14-16-10(9-21-14)13(20)18-7-5-17(6-8-18)11-3-1-2-4-12(11)19/h1-4,9,19H,5-8H2,(H2,15,16). The van der Waals surface area contributed by atoms with Gasteiger partial charge in [0.2, 0.25) is 0 Å². The fourth-order valence-electron chi connectivity index (χ4n) is 2.43. The van der Waals surface area contributed by atoms with Gasteiger partial charge in [-0.3, -0.25) is 4.79 Å². The van der Waals surface area contributed by atoms with Gasteiger partial charge >= 0.3 is 0 Å². The van der Waals surface area contributed by atoms with Crippen LogP contribution in [-0.2, 0) is 0 Å². The second kappa shape index (κ2) is 5.61. The highest BCUT2D eigenvalue weighted by atomic mass is 32.1. The maximum atomic E-state index is 12.3. The zero-order valence-corrected chi connectivity index (χ0v) is 12.2. The highest BCUT2D eigenvalue weighted by Crippen LogP contribution is 2.27. The molecule has 1 aromatic heterocycles. The van der Waals surface area contributed by atoms with E-state index in [4.69, 9.17) is 5.73 Å². The Morgan fingerprint density at radius 2 is 1.95 bits per heavy atom. The molecule has 0 atom stereocenters. The fourth-order valence-corrected chi connectivity index (χ4v) is 2.97. The molecule has 21 heavy (non-hydrogen) atoms. The number of aromatic nitrogens is 1. The molecule has 1 aliphatic rings. The molecular formula is C14H16N4O2S. The number of hydrogen-bond donors (Lipinski definition) is 2. The number of anilines is 2. The molecule has 110 valence electrons. The van der Waals surface area contributed by atoms with Crippen LogP contribution in [0.3, 0.4) is 0 Å². The molecule has 0 radical (unpaired) electrons. The highest BCUT2D eigenvalue weighted by molar-refractivity contribution is 7.13. The topological polar surface area (TPSA) is 82.7 Å². The molecule has 0 unspecified atom stereocenters. The number of amides is 1. The third-order valence-electron chi connectivity index (χ3n) is 3.53. The maximum Gasteiger partial charge on any atom is 0.273 e. The van der Waals surface area contributed by atoms with E-state index < -0.39 is 0 Å². The first kappa shape index (κ1) is 13.7. The van der Waals surface area contributed by atoms with E-state index in [1.165, 1.54) is 11.3 Å². The van der Waals surface area contributed by atoms with Gasteiger partial charge in [-0.2, -0.15) is 0 Å². The van der Waals surface area contributed by atoms with Crippen molar-refractivity contribution in [2.75, 3.05) is 36.8 Å². The van der Waals surface area contributed by atoms with Crippen LogP contribution in [-0.4, -0.2) is 47.1 Å². The van der Waals surface area contributed by atoms with E-state index in [-0.39, 0.29) is 11.7 Å². The van der Waals surface area contributed by atoms with Crippen LogP contribution in [0.1, 0.15) is 10.5 Å². The van der Waals surface area contributed by atoms with E-state index in [2.05, 4.69) is 9.88 Å². The first-order valence-electron chi connectivity index (χ1n) is 6.68. The number of nitrogens with zero attached hydrogens (tertiary/aromatic N) is 3. The molecule has 3 rings (SSSR count). The lowest BCUT2D eigenvalue weighted by Gasteiger charge is -2.36. The van der Waals surface area contributed by atoms with Gasteiger partial charge in [0.1, 0.15) is 11.4 Å². The molecular weight excluding hydrogens is 288 g/mol. The van der Waals surface area contributed by atoms with Gasteiger partial charge in [-0.05, 0) is 12.1 Å². The van der Waals surface area contributed by atoms with E-state index in [0.717, 1.165) is 5.69 Å². The van der Waals surface area contributed by atoms with Gasteiger partial charge in [-0.25, -0.2) is 4.98 Å². The second-order valence-electron chi connectivity index (χ2n) is 4.84. The van der Waals surface area contributed by atoms with Crippen LogP contribution in [0.25, 0.3) is 0 Å². The van der Waals surface area contributed by atoms with Crippen LogP contribution >= 0.6 is 11.3 Å². The number of carbonyl (C=O) groups is 1. The summed E-state index contributed by atoms with van der Waals surface area (Å²) in [4.78, 5) is 20.1.